The molecule has 3 aliphatic carbocycles. The van der Waals surface area contributed by atoms with E-state index in [0.29, 0.717) is 17.8 Å². The normalized spacial score (nSPS) is 36.3. The summed E-state index contributed by atoms with van der Waals surface area (Å²) in [6.45, 7) is 1.94. The second-order valence-electron chi connectivity index (χ2n) is 6.30. The predicted molar refractivity (Wildman–Crippen MR) is 80.1 cm³/mol. The first-order valence-corrected chi connectivity index (χ1v) is 8.82. The minimum atomic E-state index is -3.67. The molecular formula is C17H18O3S. The summed E-state index contributed by atoms with van der Waals surface area (Å²) in [5, 5.41) is 0. The zero-order valence-electron chi connectivity index (χ0n) is 11.8. The van der Waals surface area contributed by atoms with Crippen molar-refractivity contribution < 1.29 is 12.6 Å². The van der Waals surface area contributed by atoms with E-state index in [1.807, 2.05) is 6.92 Å². The molecule has 21 heavy (non-hydrogen) atoms. The molecule has 0 aliphatic heterocycles. The maximum atomic E-state index is 12.4. The highest BCUT2D eigenvalue weighted by Gasteiger charge is 2.50. The lowest BCUT2D eigenvalue weighted by Gasteiger charge is -2.19. The van der Waals surface area contributed by atoms with E-state index >= 15 is 0 Å². The van der Waals surface area contributed by atoms with Gasteiger partial charge in [-0.3, -0.25) is 4.18 Å². The van der Waals surface area contributed by atoms with Crippen molar-refractivity contribution in [2.24, 2.45) is 23.7 Å². The number of rotatable bonds is 3. The average Bonchev–Trinajstić information content (AvgIpc) is 3.08. The molecule has 1 fully saturated rings. The number of aryl methyl sites for hydroxylation is 1. The van der Waals surface area contributed by atoms with Gasteiger partial charge < -0.3 is 0 Å². The number of hydrogen-bond acceptors (Lipinski definition) is 3. The first-order chi connectivity index (χ1) is 10.0. The van der Waals surface area contributed by atoms with Crippen LogP contribution in [0.25, 0.3) is 0 Å². The number of hydrogen-bond donors (Lipinski definition) is 0. The molecule has 1 aromatic rings. The van der Waals surface area contributed by atoms with Crippen LogP contribution in [0.2, 0.25) is 0 Å². The Morgan fingerprint density at radius 3 is 2.52 bits per heavy atom. The Kier molecular flexibility index (Phi) is 2.88. The van der Waals surface area contributed by atoms with Crippen LogP contribution in [0.1, 0.15) is 12.0 Å². The highest BCUT2D eigenvalue weighted by Crippen LogP contribution is 2.53. The first kappa shape index (κ1) is 13.3. The van der Waals surface area contributed by atoms with Gasteiger partial charge in [-0.2, -0.15) is 8.42 Å². The molecular weight excluding hydrogens is 284 g/mol. The molecule has 0 amide bonds. The summed E-state index contributed by atoms with van der Waals surface area (Å²) in [5.41, 5.74) is 1.04. The summed E-state index contributed by atoms with van der Waals surface area (Å²) < 4.78 is 30.4. The Bertz CT molecular complexity index is 715. The summed E-state index contributed by atoms with van der Waals surface area (Å²) >= 11 is 0. The standard InChI is InChI=1S/C17H18O3S/c1-11-2-7-14(8-3-11)21(18,19)20-16-10-13-5-4-12-6-9-15(16)17(12)13/h2-9,12-13,15-17H,10H2,1H3/t12-,13+,15+,16-,17-/m0/s1. The molecule has 3 nitrogen and oxygen atoms in total. The van der Waals surface area contributed by atoms with Gasteiger partial charge in [0.1, 0.15) is 0 Å². The SMILES string of the molecule is Cc1ccc(S(=O)(=O)O[C@H]2C[C@H]3C=C[C@H]4C=C[C@H]2[C@@H]43)cc1. The van der Waals surface area contributed by atoms with Crippen LogP contribution in [0, 0.1) is 30.6 Å². The van der Waals surface area contributed by atoms with E-state index in [1.54, 1.807) is 24.3 Å². The molecule has 0 heterocycles. The van der Waals surface area contributed by atoms with E-state index in [1.165, 1.54) is 0 Å². The minimum Gasteiger partial charge on any atom is -0.262 e. The van der Waals surface area contributed by atoms with Gasteiger partial charge in [0.15, 0.2) is 0 Å². The molecule has 0 bridgehead atoms. The van der Waals surface area contributed by atoms with E-state index < -0.39 is 10.1 Å². The van der Waals surface area contributed by atoms with Crippen molar-refractivity contribution in [1.82, 2.24) is 0 Å². The molecule has 0 radical (unpaired) electrons. The summed E-state index contributed by atoms with van der Waals surface area (Å²) in [5.74, 6) is 1.70. The molecule has 0 aromatic heterocycles. The van der Waals surface area contributed by atoms with Crippen molar-refractivity contribution >= 4 is 10.1 Å². The van der Waals surface area contributed by atoms with Crippen LogP contribution in [-0.4, -0.2) is 14.5 Å². The van der Waals surface area contributed by atoms with Crippen LogP contribution in [0.5, 0.6) is 0 Å². The molecule has 0 unspecified atom stereocenters. The maximum Gasteiger partial charge on any atom is 0.297 e. The Balaban J connectivity index is 1.58. The third-order valence-electron chi connectivity index (χ3n) is 5.01. The van der Waals surface area contributed by atoms with Gasteiger partial charge in [0, 0.05) is 5.92 Å². The number of benzene rings is 1. The molecule has 0 saturated heterocycles. The van der Waals surface area contributed by atoms with Crippen LogP contribution in [-0.2, 0) is 14.3 Å². The molecule has 110 valence electrons. The summed E-state index contributed by atoms with van der Waals surface area (Å²) in [6, 6.07) is 6.84. The molecule has 1 saturated carbocycles. The lowest BCUT2D eigenvalue weighted by atomic mass is 9.90. The Morgan fingerprint density at radius 1 is 1.05 bits per heavy atom. The van der Waals surface area contributed by atoms with Gasteiger partial charge in [-0.15, -0.1) is 0 Å². The monoisotopic (exact) mass is 302 g/mol. The van der Waals surface area contributed by atoms with Gasteiger partial charge in [-0.1, -0.05) is 42.0 Å². The smallest absolute Gasteiger partial charge is 0.262 e. The van der Waals surface area contributed by atoms with Crippen molar-refractivity contribution in [3.05, 3.63) is 54.1 Å². The van der Waals surface area contributed by atoms with Crippen LogP contribution >= 0.6 is 0 Å². The zero-order chi connectivity index (χ0) is 14.6. The molecule has 4 rings (SSSR count). The lowest BCUT2D eigenvalue weighted by molar-refractivity contribution is 0.176. The lowest BCUT2D eigenvalue weighted by Crippen LogP contribution is -2.23. The zero-order valence-corrected chi connectivity index (χ0v) is 12.7. The highest BCUT2D eigenvalue weighted by molar-refractivity contribution is 7.86. The summed E-state index contributed by atoms with van der Waals surface area (Å²) in [4.78, 5) is 0.249. The van der Waals surface area contributed by atoms with Crippen LogP contribution in [0.4, 0.5) is 0 Å². The fraction of sp³-hybridized carbons (Fsp3) is 0.412. The topological polar surface area (TPSA) is 43.4 Å². The molecule has 0 N–H and O–H groups in total. The third-order valence-corrected chi connectivity index (χ3v) is 6.36. The quantitative estimate of drug-likeness (QED) is 0.636. The first-order valence-electron chi connectivity index (χ1n) is 7.41. The summed E-state index contributed by atoms with van der Waals surface area (Å²) in [6.07, 6.45) is 9.40. The molecule has 5 atom stereocenters. The van der Waals surface area contributed by atoms with Gasteiger partial charge in [0.25, 0.3) is 10.1 Å². The van der Waals surface area contributed by atoms with E-state index in [0.717, 1.165) is 12.0 Å². The summed E-state index contributed by atoms with van der Waals surface area (Å²) in [7, 11) is -3.67. The fourth-order valence-electron chi connectivity index (χ4n) is 3.99. The van der Waals surface area contributed by atoms with Gasteiger partial charge in [-0.25, -0.2) is 0 Å². The third kappa shape index (κ3) is 2.09. The van der Waals surface area contributed by atoms with E-state index in [9.17, 15) is 8.42 Å². The maximum absolute atomic E-state index is 12.4. The fourth-order valence-corrected chi connectivity index (χ4v) is 5.10. The van der Waals surface area contributed by atoms with Crippen LogP contribution in [0.3, 0.4) is 0 Å². The van der Waals surface area contributed by atoms with Crippen LogP contribution in [0.15, 0.2) is 53.5 Å². The Labute approximate surface area is 125 Å². The van der Waals surface area contributed by atoms with Gasteiger partial charge in [-0.05, 0) is 43.2 Å². The largest absolute Gasteiger partial charge is 0.297 e. The highest BCUT2D eigenvalue weighted by atomic mass is 32.2. The molecule has 0 spiro atoms. The number of allylic oxidation sites excluding steroid dienone is 3. The predicted octanol–water partition coefficient (Wildman–Crippen LogP) is 3.08. The Hall–Kier alpha value is -1.39. The second-order valence-corrected chi connectivity index (χ2v) is 7.88. The van der Waals surface area contributed by atoms with Gasteiger partial charge >= 0.3 is 0 Å². The van der Waals surface area contributed by atoms with Gasteiger partial charge in [0.2, 0.25) is 0 Å². The minimum absolute atomic E-state index is 0.225. The molecule has 3 aliphatic rings. The van der Waals surface area contributed by atoms with E-state index in [4.69, 9.17) is 4.18 Å². The Morgan fingerprint density at radius 2 is 1.76 bits per heavy atom. The van der Waals surface area contributed by atoms with E-state index in [2.05, 4.69) is 24.3 Å². The van der Waals surface area contributed by atoms with Crippen molar-refractivity contribution in [3.63, 3.8) is 0 Å². The van der Waals surface area contributed by atoms with Crippen molar-refractivity contribution in [1.29, 1.82) is 0 Å². The van der Waals surface area contributed by atoms with Crippen LogP contribution < -0.4 is 0 Å². The van der Waals surface area contributed by atoms with E-state index in [-0.39, 0.29) is 16.9 Å². The van der Waals surface area contributed by atoms with Crippen molar-refractivity contribution in [2.45, 2.75) is 24.3 Å². The van der Waals surface area contributed by atoms with Crippen molar-refractivity contribution in [2.75, 3.05) is 0 Å². The van der Waals surface area contributed by atoms with Gasteiger partial charge in [0.05, 0.1) is 11.0 Å². The molecule has 4 heteroatoms. The molecule has 1 aromatic carbocycles. The van der Waals surface area contributed by atoms with Crippen molar-refractivity contribution in [3.8, 4) is 0 Å². The second kappa shape index (κ2) is 4.55. The average molecular weight is 302 g/mol.